The summed E-state index contributed by atoms with van der Waals surface area (Å²) in [6.07, 6.45) is 0. The van der Waals surface area contributed by atoms with Gasteiger partial charge >= 0.3 is 0 Å². The molecule has 0 aliphatic carbocycles. The number of hydrazine groups is 1. The number of carbonyl (C=O) groups excluding carboxylic acids is 1. The number of nitrogens with one attached hydrogen (secondary N) is 1. The highest BCUT2D eigenvalue weighted by Crippen LogP contribution is 2.24. The van der Waals surface area contributed by atoms with Gasteiger partial charge in [0.05, 0.1) is 17.2 Å². The molecular weight excluding hydrogens is 206 g/mol. The van der Waals surface area contributed by atoms with Gasteiger partial charge in [-0.15, -0.1) is 0 Å². The van der Waals surface area contributed by atoms with E-state index >= 15 is 0 Å². The minimum atomic E-state index is -1.24. The molecule has 0 unspecified atom stereocenters. The number of carboxylic acids is 1. The zero-order valence-electron chi connectivity index (χ0n) is 8.65. The lowest BCUT2D eigenvalue weighted by atomic mass is 10.1. The number of fused-ring (bicyclic) bond motifs is 1. The van der Waals surface area contributed by atoms with Gasteiger partial charge in [0.25, 0.3) is 0 Å². The summed E-state index contributed by atoms with van der Waals surface area (Å²) >= 11 is 0. The Kier molecular flexibility index (Phi) is 2.46. The van der Waals surface area contributed by atoms with E-state index < -0.39 is 5.97 Å². The van der Waals surface area contributed by atoms with Crippen molar-refractivity contribution in [1.29, 1.82) is 0 Å². The average Bonchev–Trinajstić information content (AvgIpc) is 2.26. The van der Waals surface area contributed by atoms with E-state index in [0.29, 0.717) is 22.3 Å². The lowest BCUT2D eigenvalue weighted by Crippen LogP contribution is -2.23. The summed E-state index contributed by atoms with van der Waals surface area (Å²) in [5.74, 6) is 4.13. The van der Waals surface area contributed by atoms with Crippen molar-refractivity contribution in [1.82, 2.24) is 4.98 Å². The first-order valence-corrected chi connectivity index (χ1v) is 4.72. The molecule has 3 N–H and O–H groups in total. The number of pyridine rings is 1. The number of nitrogen functional groups attached to an aromatic ring is 1. The first-order chi connectivity index (χ1) is 7.63. The predicted molar refractivity (Wildman–Crippen MR) is 58.6 cm³/mol. The van der Waals surface area contributed by atoms with Crippen molar-refractivity contribution < 1.29 is 9.90 Å². The summed E-state index contributed by atoms with van der Waals surface area (Å²) in [7, 11) is 0. The number of carbonyl (C=O) groups is 1. The molecule has 0 fully saturated rings. The van der Waals surface area contributed by atoms with Crippen LogP contribution in [0.15, 0.2) is 24.3 Å². The van der Waals surface area contributed by atoms with Crippen LogP contribution in [-0.4, -0.2) is 11.0 Å². The van der Waals surface area contributed by atoms with Gasteiger partial charge in [-0.2, -0.15) is 0 Å². The minimum absolute atomic E-state index is 0.0673. The van der Waals surface area contributed by atoms with Crippen LogP contribution in [0.25, 0.3) is 10.9 Å². The third kappa shape index (κ3) is 1.57. The van der Waals surface area contributed by atoms with Crippen LogP contribution in [0, 0.1) is 6.92 Å². The number of carboxylic acid groups (broad SMARTS) is 1. The summed E-state index contributed by atoms with van der Waals surface area (Å²) < 4.78 is 0. The number of aryl methyl sites for hydroxylation is 1. The van der Waals surface area contributed by atoms with Crippen LogP contribution in [0.5, 0.6) is 0 Å². The van der Waals surface area contributed by atoms with E-state index in [9.17, 15) is 9.90 Å². The Balaban J connectivity index is 2.87. The van der Waals surface area contributed by atoms with E-state index in [1.807, 2.05) is 0 Å². The lowest BCUT2D eigenvalue weighted by molar-refractivity contribution is -0.254. The van der Waals surface area contributed by atoms with E-state index in [-0.39, 0.29) is 5.56 Å². The SMILES string of the molecule is Cc1cc(NN)c2cccc(C(=O)[O-])c2n1. The predicted octanol–water partition coefficient (Wildman–Crippen LogP) is 0.192. The van der Waals surface area contributed by atoms with Gasteiger partial charge in [-0.25, -0.2) is 0 Å². The van der Waals surface area contributed by atoms with Crippen molar-refractivity contribution >= 4 is 22.6 Å². The highest BCUT2D eigenvalue weighted by atomic mass is 16.4. The van der Waals surface area contributed by atoms with E-state index in [1.54, 1.807) is 25.1 Å². The fourth-order valence-electron chi connectivity index (χ4n) is 1.66. The Morgan fingerprint density at radius 3 is 2.88 bits per heavy atom. The van der Waals surface area contributed by atoms with Gasteiger partial charge in [-0.1, -0.05) is 18.2 Å². The smallest absolute Gasteiger partial charge is 0.0816 e. The van der Waals surface area contributed by atoms with E-state index in [1.165, 1.54) is 6.07 Å². The molecule has 0 radical (unpaired) electrons. The maximum atomic E-state index is 10.9. The summed E-state index contributed by atoms with van der Waals surface area (Å²) in [6, 6.07) is 6.60. The molecule has 5 nitrogen and oxygen atoms in total. The Labute approximate surface area is 91.9 Å². The number of hydrogen-bond acceptors (Lipinski definition) is 5. The Hall–Kier alpha value is -2.14. The molecule has 16 heavy (non-hydrogen) atoms. The topological polar surface area (TPSA) is 91.1 Å². The summed E-state index contributed by atoms with van der Waals surface area (Å²) in [4.78, 5) is 15.1. The van der Waals surface area contributed by atoms with Crippen molar-refractivity contribution in [3.05, 3.63) is 35.5 Å². The monoisotopic (exact) mass is 216 g/mol. The van der Waals surface area contributed by atoms with Gasteiger partial charge in [0.15, 0.2) is 0 Å². The molecule has 0 aliphatic heterocycles. The normalized spacial score (nSPS) is 10.4. The van der Waals surface area contributed by atoms with E-state index in [2.05, 4.69) is 10.4 Å². The highest BCUT2D eigenvalue weighted by Gasteiger charge is 2.07. The van der Waals surface area contributed by atoms with Gasteiger partial charge in [0.1, 0.15) is 0 Å². The zero-order chi connectivity index (χ0) is 11.7. The molecule has 0 saturated carbocycles. The third-order valence-corrected chi connectivity index (χ3v) is 2.34. The van der Waals surface area contributed by atoms with Crippen molar-refractivity contribution in [3.63, 3.8) is 0 Å². The standard InChI is InChI=1S/C11H11N3O2/c1-6-5-9(14-12)7-3-2-4-8(11(15)16)10(7)13-6/h2-5H,12H2,1H3,(H,13,14)(H,15,16)/p-1. The molecular formula is C11H10N3O2-. The van der Waals surface area contributed by atoms with E-state index in [0.717, 1.165) is 0 Å². The number of para-hydroxylation sites is 1. The average molecular weight is 216 g/mol. The molecule has 0 aliphatic rings. The maximum absolute atomic E-state index is 10.9. The number of aromatic carboxylic acids is 1. The molecule has 0 amide bonds. The zero-order valence-corrected chi connectivity index (χ0v) is 8.65. The molecule has 2 aromatic rings. The summed E-state index contributed by atoms with van der Waals surface area (Å²) in [5, 5.41) is 11.6. The largest absolute Gasteiger partial charge is 0.545 e. The molecule has 0 bridgehead atoms. The van der Waals surface area contributed by atoms with Crippen LogP contribution in [0.2, 0.25) is 0 Å². The van der Waals surface area contributed by atoms with Crippen LogP contribution in [0.1, 0.15) is 16.1 Å². The first kappa shape index (κ1) is 10.4. The van der Waals surface area contributed by atoms with Crippen molar-refractivity contribution in [3.8, 4) is 0 Å². The molecule has 0 atom stereocenters. The molecule has 0 saturated heterocycles. The molecule has 1 aromatic carbocycles. The fraction of sp³-hybridized carbons (Fsp3) is 0.0909. The number of hydrogen-bond donors (Lipinski definition) is 2. The van der Waals surface area contributed by atoms with Crippen molar-refractivity contribution in [2.24, 2.45) is 5.84 Å². The number of benzene rings is 1. The number of aromatic nitrogens is 1. The number of rotatable bonds is 2. The van der Waals surface area contributed by atoms with Crippen LogP contribution < -0.4 is 16.4 Å². The third-order valence-electron chi connectivity index (χ3n) is 2.34. The van der Waals surface area contributed by atoms with Gasteiger partial charge in [-0.05, 0) is 13.0 Å². The molecule has 1 aromatic heterocycles. The second kappa shape index (κ2) is 3.79. The second-order valence-electron chi connectivity index (χ2n) is 3.44. The van der Waals surface area contributed by atoms with E-state index in [4.69, 9.17) is 5.84 Å². The molecule has 5 heteroatoms. The number of nitrogens with two attached hydrogens (primary N) is 1. The molecule has 0 spiro atoms. The first-order valence-electron chi connectivity index (χ1n) is 4.72. The maximum Gasteiger partial charge on any atom is 0.0816 e. The molecule has 2 rings (SSSR count). The molecule has 82 valence electrons. The lowest BCUT2D eigenvalue weighted by Gasteiger charge is -2.11. The number of nitrogens with zero attached hydrogens (tertiary/aromatic N) is 1. The van der Waals surface area contributed by atoms with Crippen molar-refractivity contribution in [2.75, 3.05) is 5.43 Å². The summed E-state index contributed by atoms with van der Waals surface area (Å²) in [6.45, 7) is 1.77. The summed E-state index contributed by atoms with van der Waals surface area (Å²) in [5.41, 5.74) is 4.31. The van der Waals surface area contributed by atoms with Gasteiger partial charge in [-0.3, -0.25) is 10.8 Å². The Morgan fingerprint density at radius 2 is 2.25 bits per heavy atom. The van der Waals surface area contributed by atoms with Crippen LogP contribution in [0.3, 0.4) is 0 Å². The number of anilines is 1. The van der Waals surface area contributed by atoms with Gasteiger partial charge in [0.2, 0.25) is 0 Å². The van der Waals surface area contributed by atoms with Gasteiger partial charge < -0.3 is 15.3 Å². The fourth-order valence-corrected chi connectivity index (χ4v) is 1.66. The quantitative estimate of drug-likeness (QED) is 0.552. The Morgan fingerprint density at radius 1 is 1.50 bits per heavy atom. The van der Waals surface area contributed by atoms with Crippen molar-refractivity contribution in [2.45, 2.75) is 6.92 Å². The van der Waals surface area contributed by atoms with Crippen LogP contribution in [-0.2, 0) is 0 Å². The van der Waals surface area contributed by atoms with Crippen LogP contribution >= 0.6 is 0 Å². The Bertz CT molecular complexity index is 566. The second-order valence-corrected chi connectivity index (χ2v) is 3.44. The van der Waals surface area contributed by atoms with Gasteiger partial charge in [0, 0.05) is 16.6 Å². The van der Waals surface area contributed by atoms with Crippen LogP contribution in [0.4, 0.5) is 5.69 Å². The minimum Gasteiger partial charge on any atom is -0.545 e. The highest BCUT2D eigenvalue weighted by molar-refractivity contribution is 6.04. The molecule has 1 heterocycles.